The van der Waals surface area contributed by atoms with Crippen LogP contribution in [0, 0.1) is 0 Å². The molecule has 0 aliphatic heterocycles. The van der Waals surface area contributed by atoms with Gasteiger partial charge in [-0.25, -0.2) is 4.98 Å². The molecule has 2 aromatic rings. The van der Waals surface area contributed by atoms with Crippen LogP contribution >= 0.6 is 11.3 Å². The van der Waals surface area contributed by atoms with Crippen LogP contribution in [0.5, 0.6) is 0 Å². The number of H-pyrrole nitrogens is 1. The van der Waals surface area contributed by atoms with Gasteiger partial charge in [-0.05, 0) is 38.2 Å². The van der Waals surface area contributed by atoms with Crippen molar-refractivity contribution in [2.45, 2.75) is 45.3 Å². The summed E-state index contributed by atoms with van der Waals surface area (Å²) in [5.41, 5.74) is 1.19. The Hall–Kier alpha value is -1.24. The van der Waals surface area contributed by atoms with Gasteiger partial charge >= 0.3 is 0 Å². The van der Waals surface area contributed by atoms with Gasteiger partial charge in [-0.1, -0.05) is 0 Å². The van der Waals surface area contributed by atoms with E-state index in [0.29, 0.717) is 18.9 Å². The minimum absolute atomic E-state index is 0.0248. The van der Waals surface area contributed by atoms with Gasteiger partial charge in [0, 0.05) is 11.4 Å². The third kappa shape index (κ3) is 2.63. The van der Waals surface area contributed by atoms with E-state index in [-0.39, 0.29) is 5.56 Å². The van der Waals surface area contributed by atoms with Crippen molar-refractivity contribution in [3.63, 3.8) is 0 Å². The molecule has 1 aliphatic carbocycles. The van der Waals surface area contributed by atoms with Crippen molar-refractivity contribution >= 4 is 21.6 Å². The van der Waals surface area contributed by atoms with E-state index >= 15 is 0 Å². The third-order valence-corrected chi connectivity index (χ3v) is 4.79. The maximum absolute atomic E-state index is 12.3. The molecule has 0 fully saturated rings. The Labute approximate surface area is 121 Å². The zero-order valence-corrected chi connectivity index (χ0v) is 12.3. The molecule has 3 N–H and O–H groups in total. The Morgan fingerprint density at radius 2 is 2.25 bits per heavy atom. The average molecular weight is 293 g/mol. The summed E-state index contributed by atoms with van der Waals surface area (Å²) in [5, 5.41) is 13.1. The Kier molecular flexibility index (Phi) is 3.87. The quantitative estimate of drug-likeness (QED) is 0.795. The molecule has 20 heavy (non-hydrogen) atoms. The fourth-order valence-electron chi connectivity index (χ4n) is 2.69. The molecular formula is C14H19N3O2S. The van der Waals surface area contributed by atoms with Crippen molar-refractivity contribution in [3.05, 3.63) is 26.6 Å². The Balaban J connectivity index is 1.92. The lowest BCUT2D eigenvalue weighted by Gasteiger charge is -2.09. The number of rotatable bonds is 4. The fourth-order valence-corrected chi connectivity index (χ4v) is 3.97. The van der Waals surface area contributed by atoms with E-state index in [9.17, 15) is 9.90 Å². The van der Waals surface area contributed by atoms with E-state index in [1.165, 1.54) is 16.9 Å². The second-order valence-corrected chi connectivity index (χ2v) is 6.47. The molecule has 108 valence electrons. The van der Waals surface area contributed by atoms with Crippen molar-refractivity contribution < 1.29 is 5.11 Å². The molecule has 3 rings (SSSR count). The van der Waals surface area contributed by atoms with Crippen LogP contribution < -0.4 is 10.9 Å². The maximum Gasteiger partial charge on any atom is 0.259 e. The number of thiophene rings is 1. The lowest BCUT2D eigenvalue weighted by Crippen LogP contribution is -2.26. The van der Waals surface area contributed by atoms with E-state index in [4.69, 9.17) is 0 Å². The minimum atomic E-state index is -0.403. The summed E-state index contributed by atoms with van der Waals surface area (Å²) in [4.78, 5) is 21.9. The Bertz CT molecular complexity index is 675. The highest BCUT2D eigenvalue weighted by atomic mass is 32.1. The van der Waals surface area contributed by atoms with Gasteiger partial charge in [-0.3, -0.25) is 4.79 Å². The van der Waals surface area contributed by atoms with E-state index in [1.54, 1.807) is 18.3 Å². The third-order valence-electron chi connectivity index (χ3n) is 3.61. The lowest BCUT2D eigenvalue weighted by molar-refractivity contribution is 0.190. The predicted molar refractivity (Wildman–Crippen MR) is 80.3 cm³/mol. The van der Waals surface area contributed by atoms with Crippen LogP contribution in [0.25, 0.3) is 10.2 Å². The molecule has 0 saturated heterocycles. The van der Waals surface area contributed by atoms with Gasteiger partial charge in [0.25, 0.3) is 5.56 Å². The van der Waals surface area contributed by atoms with Crippen LogP contribution in [0.15, 0.2) is 4.79 Å². The number of aliphatic hydroxyl groups is 1. The smallest absolute Gasteiger partial charge is 0.259 e. The number of nitrogens with one attached hydrogen (secondary N) is 2. The minimum Gasteiger partial charge on any atom is -0.392 e. The lowest BCUT2D eigenvalue weighted by atomic mass is 9.97. The van der Waals surface area contributed by atoms with Gasteiger partial charge in [0.1, 0.15) is 10.7 Å². The number of aliphatic hydroxyl groups excluding tert-OH is 1. The maximum atomic E-state index is 12.3. The van der Waals surface area contributed by atoms with E-state index in [2.05, 4.69) is 15.3 Å². The monoisotopic (exact) mass is 293 g/mol. The van der Waals surface area contributed by atoms with Crippen molar-refractivity contribution in [1.82, 2.24) is 15.3 Å². The van der Waals surface area contributed by atoms with Crippen LogP contribution in [0.3, 0.4) is 0 Å². The first-order chi connectivity index (χ1) is 9.65. The molecule has 1 aliphatic rings. The molecule has 2 aromatic heterocycles. The standard InChI is InChI=1S/C14H19N3O2S/c1-8(18)6-15-7-11-16-13(19)12-9-4-2-3-5-10(9)20-14(12)17-11/h8,15,18H,2-7H2,1H3,(H,16,17,19). The number of aromatic nitrogens is 2. The fraction of sp³-hybridized carbons (Fsp3) is 0.571. The highest BCUT2D eigenvalue weighted by Crippen LogP contribution is 2.33. The summed E-state index contributed by atoms with van der Waals surface area (Å²) in [5.74, 6) is 0.641. The summed E-state index contributed by atoms with van der Waals surface area (Å²) in [6, 6.07) is 0. The van der Waals surface area contributed by atoms with Gasteiger partial charge in [0.05, 0.1) is 18.0 Å². The number of hydrogen-bond acceptors (Lipinski definition) is 5. The summed E-state index contributed by atoms with van der Waals surface area (Å²) in [6.45, 7) is 2.68. The van der Waals surface area contributed by atoms with Gasteiger partial charge in [-0.15, -0.1) is 11.3 Å². The molecule has 1 unspecified atom stereocenters. The van der Waals surface area contributed by atoms with Gasteiger partial charge in [-0.2, -0.15) is 0 Å². The summed E-state index contributed by atoms with van der Waals surface area (Å²) in [7, 11) is 0. The van der Waals surface area contributed by atoms with Crippen LogP contribution in [-0.2, 0) is 19.4 Å². The molecule has 5 nitrogen and oxygen atoms in total. The number of fused-ring (bicyclic) bond motifs is 3. The van der Waals surface area contributed by atoms with Crippen LogP contribution in [0.1, 0.15) is 36.0 Å². The zero-order valence-electron chi connectivity index (χ0n) is 11.5. The summed E-state index contributed by atoms with van der Waals surface area (Å²) < 4.78 is 0. The van der Waals surface area contributed by atoms with E-state index in [1.807, 2.05) is 0 Å². The number of nitrogens with zero attached hydrogens (tertiary/aromatic N) is 1. The largest absolute Gasteiger partial charge is 0.392 e. The van der Waals surface area contributed by atoms with Gasteiger partial charge in [0.15, 0.2) is 0 Å². The van der Waals surface area contributed by atoms with Gasteiger partial charge < -0.3 is 15.4 Å². The van der Waals surface area contributed by atoms with Crippen LogP contribution in [0.2, 0.25) is 0 Å². The Morgan fingerprint density at radius 3 is 3.05 bits per heavy atom. The number of aryl methyl sites for hydroxylation is 2. The first-order valence-electron chi connectivity index (χ1n) is 7.07. The molecule has 6 heteroatoms. The second-order valence-electron chi connectivity index (χ2n) is 5.38. The molecular weight excluding hydrogens is 274 g/mol. The number of aromatic amines is 1. The molecule has 0 bridgehead atoms. The normalized spacial score (nSPS) is 16.3. The van der Waals surface area contributed by atoms with Crippen LogP contribution in [-0.4, -0.2) is 27.7 Å². The zero-order chi connectivity index (χ0) is 14.1. The van der Waals surface area contributed by atoms with Crippen molar-refractivity contribution in [2.24, 2.45) is 0 Å². The SMILES string of the molecule is CC(O)CNCc1nc2sc3c(c2c(=O)[nH]1)CCCC3. The molecule has 0 spiro atoms. The molecule has 0 radical (unpaired) electrons. The number of hydrogen-bond donors (Lipinski definition) is 3. The molecule has 1 atom stereocenters. The molecule has 0 amide bonds. The first-order valence-corrected chi connectivity index (χ1v) is 7.89. The van der Waals surface area contributed by atoms with Crippen molar-refractivity contribution in [3.8, 4) is 0 Å². The highest BCUT2D eigenvalue weighted by Gasteiger charge is 2.19. The second kappa shape index (κ2) is 5.63. The van der Waals surface area contributed by atoms with Crippen molar-refractivity contribution in [2.75, 3.05) is 6.54 Å². The highest BCUT2D eigenvalue weighted by molar-refractivity contribution is 7.18. The van der Waals surface area contributed by atoms with E-state index in [0.717, 1.165) is 29.5 Å². The topological polar surface area (TPSA) is 78.0 Å². The summed E-state index contributed by atoms with van der Waals surface area (Å²) >= 11 is 1.66. The van der Waals surface area contributed by atoms with E-state index < -0.39 is 6.10 Å². The summed E-state index contributed by atoms with van der Waals surface area (Å²) in [6.07, 6.45) is 4.04. The Morgan fingerprint density at radius 1 is 1.45 bits per heavy atom. The first kappa shape index (κ1) is 13.7. The predicted octanol–water partition coefficient (Wildman–Crippen LogP) is 1.33. The van der Waals surface area contributed by atoms with Gasteiger partial charge in [0.2, 0.25) is 0 Å². The molecule has 0 aromatic carbocycles. The van der Waals surface area contributed by atoms with Crippen LogP contribution in [0.4, 0.5) is 0 Å². The molecule has 2 heterocycles. The average Bonchev–Trinajstić information content (AvgIpc) is 2.76. The molecule has 0 saturated carbocycles. The van der Waals surface area contributed by atoms with Crippen molar-refractivity contribution in [1.29, 1.82) is 0 Å².